The third-order valence-electron chi connectivity index (χ3n) is 13.5. The Morgan fingerprint density at radius 1 is 0.460 bits per heavy atom. The fourth-order valence-electron chi connectivity index (χ4n) is 10.8. The van der Waals surface area contributed by atoms with Gasteiger partial charge in [-0.05, 0) is 127 Å². The van der Waals surface area contributed by atoms with Crippen molar-refractivity contribution in [3.05, 3.63) is 233 Å². The van der Waals surface area contributed by atoms with Crippen LogP contribution in [0.1, 0.15) is 43.4 Å². The SMILES string of the molecule is CC1(C)c2ccccc2-c2cccc(-c3cccc(N(c4cccc(-c5cccc6sc7ccccc7c56)c4)c4ccccc4C4=c5c(-c6ccccc6)cccc5=CCC4)c3)c21. The molecule has 12 rings (SSSR count). The first-order valence-corrected chi connectivity index (χ1v) is 23.0. The van der Waals surface area contributed by atoms with Gasteiger partial charge in [-0.25, -0.2) is 0 Å². The van der Waals surface area contributed by atoms with Crippen LogP contribution < -0.4 is 15.3 Å². The molecule has 10 aromatic rings. The van der Waals surface area contributed by atoms with Gasteiger partial charge in [0, 0.05) is 42.5 Å². The number of hydrogen-bond donors (Lipinski definition) is 0. The van der Waals surface area contributed by atoms with Crippen LogP contribution in [0.25, 0.3) is 76.3 Å². The number of thiophene rings is 1. The molecule has 0 unspecified atom stereocenters. The normalized spacial score (nSPS) is 13.7. The molecular formula is C61H45NS. The Bertz CT molecular complexity index is 3550. The van der Waals surface area contributed by atoms with Gasteiger partial charge < -0.3 is 4.90 Å². The van der Waals surface area contributed by atoms with E-state index in [1.54, 1.807) is 0 Å². The van der Waals surface area contributed by atoms with Gasteiger partial charge in [0.15, 0.2) is 0 Å². The molecule has 0 aliphatic heterocycles. The van der Waals surface area contributed by atoms with Crippen molar-refractivity contribution in [2.45, 2.75) is 32.1 Å². The first-order chi connectivity index (χ1) is 31.0. The topological polar surface area (TPSA) is 3.24 Å². The summed E-state index contributed by atoms with van der Waals surface area (Å²) in [6, 6.07) is 76.8. The summed E-state index contributed by atoms with van der Waals surface area (Å²) in [7, 11) is 0. The third kappa shape index (κ3) is 6.12. The van der Waals surface area contributed by atoms with Crippen LogP contribution in [0.15, 0.2) is 206 Å². The Morgan fingerprint density at radius 2 is 1.05 bits per heavy atom. The predicted octanol–water partition coefficient (Wildman–Crippen LogP) is 15.6. The standard InChI is InChI=1S/C61H45NS/c1-61(2)54-34-9-6-26-49(54)52-33-16-31-48(60(52)61)43-23-13-25-45(39-43)62(44-24-12-22-42(38-44)47-30-17-37-57-59(47)53-28-8-11-36-56(53)63-57)55-35-10-7-27-50(55)51-32-15-21-41-20-14-29-46(58(41)51)40-18-4-3-5-19-40/h3-14,16-31,33-39H,15,32H2,1-2H3. The van der Waals surface area contributed by atoms with E-state index in [0.717, 1.165) is 24.2 Å². The summed E-state index contributed by atoms with van der Waals surface area (Å²) in [4.78, 5) is 2.52. The minimum atomic E-state index is -0.134. The molecule has 0 saturated heterocycles. The van der Waals surface area contributed by atoms with E-state index in [1.165, 1.54) is 103 Å². The van der Waals surface area contributed by atoms with Crippen molar-refractivity contribution < 1.29 is 0 Å². The fourth-order valence-corrected chi connectivity index (χ4v) is 11.9. The van der Waals surface area contributed by atoms with Crippen molar-refractivity contribution in [1.29, 1.82) is 0 Å². The van der Waals surface area contributed by atoms with E-state index in [4.69, 9.17) is 0 Å². The van der Waals surface area contributed by atoms with Crippen LogP contribution in [0.2, 0.25) is 0 Å². The van der Waals surface area contributed by atoms with Gasteiger partial charge in [0.1, 0.15) is 0 Å². The van der Waals surface area contributed by atoms with Crippen LogP contribution in [0.3, 0.4) is 0 Å². The zero-order valence-corrected chi connectivity index (χ0v) is 36.3. The molecule has 2 heteroatoms. The lowest BCUT2D eigenvalue weighted by Gasteiger charge is -2.30. The molecule has 1 aromatic heterocycles. The second kappa shape index (κ2) is 15.0. The van der Waals surface area contributed by atoms with Gasteiger partial charge in [-0.15, -0.1) is 11.3 Å². The van der Waals surface area contributed by atoms with Crippen LogP contribution in [-0.2, 0) is 5.41 Å². The van der Waals surface area contributed by atoms with Gasteiger partial charge in [-0.2, -0.15) is 0 Å². The second-order valence-electron chi connectivity index (χ2n) is 17.5. The highest BCUT2D eigenvalue weighted by Crippen LogP contribution is 2.53. The first kappa shape index (κ1) is 37.5. The molecule has 0 atom stereocenters. The Balaban J connectivity index is 1.10. The van der Waals surface area contributed by atoms with E-state index in [1.807, 2.05) is 11.3 Å². The van der Waals surface area contributed by atoms with Gasteiger partial charge in [-0.3, -0.25) is 0 Å². The van der Waals surface area contributed by atoms with E-state index < -0.39 is 0 Å². The monoisotopic (exact) mass is 823 g/mol. The molecule has 0 bridgehead atoms. The Kier molecular flexibility index (Phi) is 8.91. The van der Waals surface area contributed by atoms with Gasteiger partial charge in [0.2, 0.25) is 0 Å². The highest BCUT2D eigenvalue weighted by molar-refractivity contribution is 7.25. The average Bonchev–Trinajstić information content (AvgIpc) is 3.84. The molecule has 0 N–H and O–H groups in total. The summed E-state index contributed by atoms with van der Waals surface area (Å²) in [5, 5.41) is 5.28. The first-order valence-electron chi connectivity index (χ1n) is 22.1. The smallest absolute Gasteiger partial charge is 0.0537 e. The highest BCUT2D eigenvalue weighted by Gasteiger charge is 2.37. The van der Waals surface area contributed by atoms with Crippen LogP contribution in [0, 0.1) is 0 Å². The van der Waals surface area contributed by atoms with Crippen molar-refractivity contribution in [3.8, 4) is 44.5 Å². The van der Waals surface area contributed by atoms with Crippen LogP contribution >= 0.6 is 11.3 Å². The summed E-state index contributed by atoms with van der Waals surface area (Å²) in [5.41, 5.74) is 18.9. The summed E-state index contributed by atoms with van der Waals surface area (Å²) < 4.78 is 2.63. The van der Waals surface area contributed by atoms with E-state index in [2.05, 4.69) is 231 Å². The Labute approximate surface area is 373 Å². The van der Waals surface area contributed by atoms with Gasteiger partial charge in [0.25, 0.3) is 0 Å². The van der Waals surface area contributed by atoms with Crippen molar-refractivity contribution in [1.82, 2.24) is 0 Å². The number of anilines is 3. The molecule has 1 nitrogen and oxygen atoms in total. The van der Waals surface area contributed by atoms with Crippen molar-refractivity contribution >= 4 is 60.2 Å². The number of fused-ring (bicyclic) bond motifs is 7. The van der Waals surface area contributed by atoms with E-state index in [9.17, 15) is 0 Å². The van der Waals surface area contributed by atoms with Gasteiger partial charge in [-0.1, -0.05) is 184 Å². The lowest BCUT2D eigenvalue weighted by atomic mass is 9.79. The molecule has 2 aliphatic carbocycles. The van der Waals surface area contributed by atoms with Crippen molar-refractivity contribution in [2.24, 2.45) is 0 Å². The Hall–Kier alpha value is -7.26. The number of para-hydroxylation sites is 1. The maximum absolute atomic E-state index is 2.52. The number of hydrogen-bond acceptors (Lipinski definition) is 2. The summed E-state index contributed by atoms with van der Waals surface area (Å²) in [6.45, 7) is 4.77. The maximum atomic E-state index is 2.52. The minimum absolute atomic E-state index is 0.134. The zero-order valence-electron chi connectivity index (χ0n) is 35.5. The Morgan fingerprint density at radius 3 is 1.89 bits per heavy atom. The van der Waals surface area contributed by atoms with Crippen molar-refractivity contribution in [3.63, 3.8) is 0 Å². The van der Waals surface area contributed by atoms with E-state index >= 15 is 0 Å². The molecular weight excluding hydrogens is 779 g/mol. The van der Waals surface area contributed by atoms with E-state index in [0.29, 0.717) is 0 Å². The molecule has 0 spiro atoms. The van der Waals surface area contributed by atoms with Crippen LogP contribution in [0.5, 0.6) is 0 Å². The number of rotatable bonds is 7. The van der Waals surface area contributed by atoms with Gasteiger partial charge >= 0.3 is 0 Å². The van der Waals surface area contributed by atoms with Crippen molar-refractivity contribution in [2.75, 3.05) is 4.90 Å². The molecule has 300 valence electrons. The molecule has 9 aromatic carbocycles. The van der Waals surface area contributed by atoms with Gasteiger partial charge in [0.05, 0.1) is 5.69 Å². The maximum Gasteiger partial charge on any atom is 0.0537 e. The lowest BCUT2D eigenvalue weighted by molar-refractivity contribution is 0.662. The molecule has 0 fully saturated rings. The van der Waals surface area contributed by atoms with E-state index in [-0.39, 0.29) is 5.41 Å². The highest BCUT2D eigenvalue weighted by atomic mass is 32.1. The zero-order chi connectivity index (χ0) is 42.1. The molecule has 0 saturated carbocycles. The summed E-state index contributed by atoms with van der Waals surface area (Å²) in [6.07, 6.45) is 4.38. The predicted molar refractivity (Wildman–Crippen MR) is 270 cm³/mol. The molecule has 1 heterocycles. The largest absolute Gasteiger partial charge is 0.310 e. The molecule has 2 aliphatic rings. The summed E-state index contributed by atoms with van der Waals surface area (Å²) in [5.74, 6) is 0. The van der Waals surface area contributed by atoms with Crippen LogP contribution in [-0.4, -0.2) is 0 Å². The third-order valence-corrected chi connectivity index (χ3v) is 14.7. The number of nitrogens with zero attached hydrogens (tertiary/aromatic N) is 1. The number of benzene rings is 9. The molecule has 63 heavy (non-hydrogen) atoms. The minimum Gasteiger partial charge on any atom is -0.310 e. The fraction of sp³-hybridized carbons (Fsp3) is 0.0820. The molecule has 0 radical (unpaired) electrons. The lowest BCUT2D eigenvalue weighted by Crippen LogP contribution is -2.32. The summed E-state index contributed by atoms with van der Waals surface area (Å²) >= 11 is 1.87. The quantitative estimate of drug-likeness (QED) is 0.155. The average molecular weight is 824 g/mol. The van der Waals surface area contributed by atoms with Crippen LogP contribution in [0.4, 0.5) is 17.1 Å². The second-order valence-corrected chi connectivity index (χ2v) is 18.6. The molecule has 0 amide bonds.